The molecule has 0 radical (unpaired) electrons. The molecule has 0 aliphatic rings. The zero-order chi connectivity index (χ0) is 19.0. The lowest BCUT2D eigenvalue weighted by Gasteiger charge is -2.06. The van der Waals surface area contributed by atoms with Gasteiger partial charge in [0.15, 0.2) is 0 Å². The number of hydrogen-bond acceptors (Lipinski definition) is 6. The van der Waals surface area contributed by atoms with Crippen molar-refractivity contribution in [3.63, 3.8) is 0 Å². The highest BCUT2D eigenvalue weighted by Crippen LogP contribution is 2.39. The number of carboxylic acids is 1. The third-order valence-corrected chi connectivity index (χ3v) is 5.76. The summed E-state index contributed by atoms with van der Waals surface area (Å²) in [6, 6.07) is 9.41. The number of aromatic nitrogens is 2. The Kier molecular flexibility index (Phi) is 4.67. The van der Waals surface area contributed by atoms with Gasteiger partial charge in [0.1, 0.15) is 27.3 Å². The quantitative estimate of drug-likeness (QED) is 0.358. The van der Waals surface area contributed by atoms with Crippen molar-refractivity contribution >= 4 is 39.3 Å². The van der Waals surface area contributed by atoms with E-state index in [2.05, 4.69) is 9.97 Å². The normalized spacial score (nSPS) is 11.2. The number of carbonyl (C=O) groups is 1. The molecule has 0 spiro atoms. The SMILES string of the molecule is Cc1nc(SCc2ccc(C(=O)O)o2)c2c(-c3ccc(F)cc3)csc2n1. The average Bonchev–Trinajstić information content (AvgIpc) is 3.27. The zero-order valence-electron chi connectivity index (χ0n) is 14.1. The van der Waals surface area contributed by atoms with E-state index >= 15 is 0 Å². The Morgan fingerprint density at radius 1 is 1.22 bits per heavy atom. The molecule has 3 aromatic heterocycles. The van der Waals surface area contributed by atoms with E-state index in [1.54, 1.807) is 18.2 Å². The topological polar surface area (TPSA) is 76.2 Å². The predicted octanol–water partition coefficient (Wildman–Crippen LogP) is 5.39. The Labute approximate surface area is 161 Å². The highest BCUT2D eigenvalue weighted by molar-refractivity contribution is 7.98. The number of thioether (sulfide) groups is 1. The number of rotatable bonds is 5. The number of aromatic carboxylic acids is 1. The van der Waals surface area contributed by atoms with Crippen molar-refractivity contribution in [1.29, 1.82) is 0 Å². The molecular formula is C19H13FN2O3S2. The predicted molar refractivity (Wildman–Crippen MR) is 103 cm³/mol. The first kappa shape index (κ1) is 17.7. The number of hydrogen-bond donors (Lipinski definition) is 1. The van der Waals surface area contributed by atoms with Gasteiger partial charge in [0.2, 0.25) is 5.76 Å². The summed E-state index contributed by atoms with van der Waals surface area (Å²) in [6.45, 7) is 1.83. The van der Waals surface area contributed by atoms with Crippen LogP contribution in [0.4, 0.5) is 4.39 Å². The zero-order valence-corrected chi connectivity index (χ0v) is 15.7. The van der Waals surface area contributed by atoms with Gasteiger partial charge in [-0.05, 0) is 36.8 Å². The number of fused-ring (bicyclic) bond motifs is 1. The van der Waals surface area contributed by atoms with E-state index in [9.17, 15) is 9.18 Å². The Bertz CT molecular complexity index is 1140. The maximum Gasteiger partial charge on any atom is 0.371 e. The van der Waals surface area contributed by atoms with Crippen molar-refractivity contribution in [1.82, 2.24) is 9.97 Å². The number of furan rings is 1. The van der Waals surface area contributed by atoms with Gasteiger partial charge in [-0.15, -0.1) is 11.3 Å². The Morgan fingerprint density at radius 2 is 2.00 bits per heavy atom. The van der Waals surface area contributed by atoms with Gasteiger partial charge in [0, 0.05) is 10.9 Å². The molecule has 4 rings (SSSR count). The third-order valence-electron chi connectivity index (χ3n) is 3.89. The second-order valence-corrected chi connectivity index (χ2v) is 7.59. The number of benzene rings is 1. The molecule has 0 amide bonds. The number of aryl methyl sites for hydroxylation is 1. The first-order chi connectivity index (χ1) is 13.0. The van der Waals surface area contributed by atoms with Crippen LogP contribution in [0.3, 0.4) is 0 Å². The second-order valence-electron chi connectivity index (χ2n) is 5.77. The summed E-state index contributed by atoms with van der Waals surface area (Å²) in [5, 5.41) is 12.7. The molecule has 0 saturated carbocycles. The molecule has 0 aliphatic heterocycles. The molecule has 0 fully saturated rings. The molecule has 27 heavy (non-hydrogen) atoms. The lowest BCUT2D eigenvalue weighted by Crippen LogP contribution is -1.93. The Hall–Kier alpha value is -2.71. The molecule has 0 saturated heterocycles. The van der Waals surface area contributed by atoms with Gasteiger partial charge in [-0.1, -0.05) is 23.9 Å². The first-order valence-corrected chi connectivity index (χ1v) is 9.84. The van der Waals surface area contributed by atoms with E-state index in [0.717, 1.165) is 26.4 Å². The molecule has 1 N–H and O–H groups in total. The van der Waals surface area contributed by atoms with Crippen molar-refractivity contribution < 1.29 is 18.7 Å². The van der Waals surface area contributed by atoms with E-state index in [1.807, 2.05) is 12.3 Å². The molecule has 0 aliphatic carbocycles. The second kappa shape index (κ2) is 7.13. The van der Waals surface area contributed by atoms with Crippen LogP contribution in [0.1, 0.15) is 22.1 Å². The van der Waals surface area contributed by atoms with Gasteiger partial charge in [-0.3, -0.25) is 0 Å². The molecule has 1 aromatic carbocycles. The Balaban J connectivity index is 1.71. The highest BCUT2D eigenvalue weighted by Gasteiger charge is 2.16. The molecule has 136 valence electrons. The van der Waals surface area contributed by atoms with E-state index in [0.29, 0.717) is 17.3 Å². The monoisotopic (exact) mass is 400 g/mol. The molecule has 0 atom stereocenters. The van der Waals surface area contributed by atoms with Crippen molar-refractivity contribution in [2.45, 2.75) is 17.7 Å². The van der Waals surface area contributed by atoms with E-state index in [-0.39, 0.29) is 11.6 Å². The summed E-state index contributed by atoms with van der Waals surface area (Å²) in [5.74, 6) is 0.188. The standard InChI is InChI=1S/C19H13FN2O3S2/c1-10-21-17(26-8-13-6-7-15(25-13)19(23)24)16-14(9-27-18(16)22-10)11-2-4-12(20)5-3-11/h2-7,9H,8H2,1H3,(H,23,24). The van der Waals surface area contributed by atoms with Crippen molar-refractivity contribution in [3.8, 4) is 11.1 Å². The fraction of sp³-hybridized carbons (Fsp3) is 0.105. The Morgan fingerprint density at radius 3 is 2.70 bits per heavy atom. The summed E-state index contributed by atoms with van der Waals surface area (Å²) in [6.07, 6.45) is 0. The van der Waals surface area contributed by atoms with Crippen LogP contribution >= 0.6 is 23.1 Å². The average molecular weight is 400 g/mol. The van der Waals surface area contributed by atoms with Gasteiger partial charge >= 0.3 is 5.97 Å². The summed E-state index contributed by atoms with van der Waals surface area (Å²) in [5.41, 5.74) is 1.84. The van der Waals surface area contributed by atoms with E-state index in [4.69, 9.17) is 9.52 Å². The van der Waals surface area contributed by atoms with E-state index in [1.165, 1.54) is 41.3 Å². The van der Waals surface area contributed by atoms with Crippen LogP contribution in [0.5, 0.6) is 0 Å². The summed E-state index contributed by atoms with van der Waals surface area (Å²) >= 11 is 2.97. The number of halogens is 1. The largest absolute Gasteiger partial charge is 0.475 e. The molecule has 0 bridgehead atoms. The molecule has 4 aromatic rings. The van der Waals surface area contributed by atoms with Crippen LogP contribution in [0.2, 0.25) is 0 Å². The molecule has 0 unspecified atom stereocenters. The van der Waals surface area contributed by atoms with Crippen LogP contribution in [0, 0.1) is 12.7 Å². The fourth-order valence-corrected chi connectivity index (χ4v) is 4.71. The molecular weight excluding hydrogens is 387 g/mol. The number of nitrogens with zero attached hydrogens (tertiary/aromatic N) is 2. The van der Waals surface area contributed by atoms with Crippen LogP contribution in [-0.2, 0) is 5.75 Å². The lowest BCUT2D eigenvalue weighted by atomic mass is 10.1. The minimum absolute atomic E-state index is 0.0860. The minimum atomic E-state index is -1.09. The third kappa shape index (κ3) is 3.58. The molecule has 8 heteroatoms. The number of thiophene rings is 1. The summed E-state index contributed by atoms with van der Waals surface area (Å²) in [7, 11) is 0. The smallest absolute Gasteiger partial charge is 0.371 e. The van der Waals surface area contributed by atoms with E-state index < -0.39 is 5.97 Å². The van der Waals surface area contributed by atoms with Gasteiger partial charge in [-0.25, -0.2) is 19.2 Å². The summed E-state index contributed by atoms with van der Waals surface area (Å²) < 4.78 is 18.6. The van der Waals surface area contributed by atoms with Crippen LogP contribution in [-0.4, -0.2) is 21.0 Å². The van der Waals surface area contributed by atoms with Crippen LogP contribution < -0.4 is 0 Å². The summed E-state index contributed by atoms with van der Waals surface area (Å²) in [4.78, 5) is 20.9. The van der Waals surface area contributed by atoms with Gasteiger partial charge < -0.3 is 9.52 Å². The molecule has 3 heterocycles. The fourth-order valence-electron chi connectivity index (χ4n) is 2.67. The van der Waals surface area contributed by atoms with Gasteiger partial charge in [0.05, 0.1) is 11.1 Å². The maximum atomic E-state index is 13.3. The maximum absolute atomic E-state index is 13.3. The van der Waals surface area contributed by atoms with Crippen molar-refractivity contribution in [2.75, 3.05) is 0 Å². The van der Waals surface area contributed by atoms with Crippen LogP contribution in [0.15, 0.2) is 51.2 Å². The first-order valence-electron chi connectivity index (χ1n) is 7.98. The van der Waals surface area contributed by atoms with Crippen molar-refractivity contribution in [2.24, 2.45) is 0 Å². The van der Waals surface area contributed by atoms with Crippen molar-refractivity contribution in [3.05, 3.63) is 64.9 Å². The minimum Gasteiger partial charge on any atom is -0.475 e. The highest BCUT2D eigenvalue weighted by atomic mass is 32.2. The molecule has 5 nitrogen and oxygen atoms in total. The van der Waals surface area contributed by atoms with Gasteiger partial charge in [-0.2, -0.15) is 0 Å². The van der Waals surface area contributed by atoms with Gasteiger partial charge in [0.25, 0.3) is 0 Å². The lowest BCUT2D eigenvalue weighted by molar-refractivity contribution is 0.0661. The number of carboxylic acid groups (broad SMARTS) is 1. The van der Waals surface area contributed by atoms with Crippen LogP contribution in [0.25, 0.3) is 21.3 Å².